The lowest BCUT2D eigenvalue weighted by atomic mass is 10.1. The SMILES string of the molecule is Cc1ccnc(-c2cc(C(=O)Nc3ccc(O)cc3)ccn2)c1. The third-order valence-electron chi connectivity index (χ3n) is 3.33. The molecule has 5 nitrogen and oxygen atoms in total. The Morgan fingerprint density at radius 3 is 2.30 bits per heavy atom. The Morgan fingerprint density at radius 1 is 0.957 bits per heavy atom. The van der Waals surface area contributed by atoms with Gasteiger partial charge in [0.25, 0.3) is 5.91 Å². The van der Waals surface area contributed by atoms with Gasteiger partial charge in [-0.1, -0.05) is 0 Å². The highest BCUT2D eigenvalue weighted by molar-refractivity contribution is 6.04. The predicted octanol–water partition coefficient (Wildman–Crippen LogP) is 3.41. The van der Waals surface area contributed by atoms with Crippen molar-refractivity contribution in [2.24, 2.45) is 0 Å². The number of hydrogen-bond donors (Lipinski definition) is 2. The summed E-state index contributed by atoms with van der Waals surface area (Å²) in [5.41, 5.74) is 3.55. The minimum absolute atomic E-state index is 0.153. The van der Waals surface area contributed by atoms with Crippen molar-refractivity contribution in [1.82, 2.24) is 9.97 Å². The summed E-state index contributed by atoms with van der Waals surface area (Å²) < 4.78 is 0. The molecule has 0 aliphatic rings. The van der Waals surface area contributed by atoms with Gasteiger partial charge in [-0.25, -0.2) is 0 Å². The lowest BCUT2D eigenvalue weighted by Gasteiger charge is -2.07. The minimum atomic E-state index is -0.244. The van der Waals surface area contributed by atoms with E-state index in [1.807, 2.05) is 19.1 Å². The summed E-state index contributed by atoms with van der Waals surface area (Å²) in [5.74, 6) is -0.0910. The number of nitrogens with one attached hydrogen (secondary N) is 1. The number of anilines is 1. The highest BCUT2D eigenvalue weighted by atomic mass is 16.3. The third-order valence-corrected chi connectivity index (χ3v) is 3.33. The van der Waals surface area contributed by atoms with Crippen LogP contribution >= 0.6 is 0 Å². The number of phenols is 1. The van der Waals surface area contributed by atoms with E-state index in [1.54, 1.807) is 36.7 Å². The molecule has 0 bridgehead atoms. The molecule has 0 aliphatic heterocycles. The molecule has 3 rings (SSSR count). The number of benzene rings is 1. The highest BCUT2D eigenvalue weighted by Crippen LogP contribution is 2.18. The van der Waals surface area contributed by atoms with Crippen LogP contribution in [0.15, 0.2) is 60.9 Å². The maximum atomic E-state index is 12.3. The van der Waals surface area contributed by atoms with Gasteiger partial charge in [0.05, 0.1) is 11.4 Å². The van der Waals surface area contributed by atoms with Gasteiger partial charge in [-0.05, 0) is 61.0 Å². The van der Waals surface area contributed by atoms with Gasteiger partial charge in [0.2, 0.25) is 0 Å². The molecule has 2 heterocycles. The number of aryl methyl sites for hydroxylation is 1. The molecule has 3 aromatic rings. The summed E-state index contributed by atoms with van der Waals surface area (Å²) in [6, 6.07) is 13.5. The number of pyridine rings is 2. The molecular weight excluding hydrogens is 290 g/mol. The Balaban J connectivity index is 1.84. The van der Waals surface area contributed by atoms with E-state index in [0.29, 0.717) is 16.9 Å². The van der Waals surface area contributed by atoms with E-state index in [1.165, 1.54) is 12.1 Å². The lowest BCUT2D eigenvalue weighted by Crippen LogP contribution is -2.12. The quantitative estimate of drug-likeness (QED) is 0.727. The first-order valence-corrected chi connectivity index (χ1v) is 7.11. The topological polar surface area (TPSA) is 75.1 Å². The van der Waals surface area contributed by atoms with Crippen LogP contribution in [0.2, 0.25) is 0 Å². The largest absolute Gasteiger partial charge is 0.508 e. The van der Waals surface area contributed by atoms with Gasteiger partial charge in [-0.2, -0.15) is 0 Å². The van der Waals surface area contributed by atoms with Gasteiger partial charge in [-0.3, -0.25) is 14.8 Å². The molecule has 0 saturated carbocycles. The van der Waals surface area contributed by atoms with E-state index in [9.17, 15) is 9.90 Å². The fraction of sp³-hybridized carbons (Fsp3) is 0.0556. The molecule has 2 aromatic heterocycles. The zero-order valence-corrected chi connectivity index (χ0v) is 12.5. The van der Waals surface area contributed by atoms with E-state index >= 15 is 0 Å². The molecule has 5 heteroatoms. The van der Waals surface area contributed by atoms with E-state index < -0.39 is 0 Å². The van der Waals surface area contributed by atoms with Crippen LogP contribution in [0.25, 0.3) is 11.4 Å². The van der Waals surface area contributed by atoms with E-state index in [0.717, 1.165) is 11.3 Å². The van der Waals surface area contributed by atoms with Gasteiger partial charge >= 0.3 is 0 Å². The van der Waals surface area contributed by atoms with E-state index in [-0.39, 0.29) is 11.7 Å². The van der Waals surface area contributed by atoms with Crippen LogP contribution in [-0.2, 0) is 0 Å². The van der Waals surface area contributed by atoms with Crippen molar-refractivity contribution in [3.63, 3.8) is 0 Å². The van der Waals surface area contributed by atoms with Crippen LogP contribution in [0.4, 0.5) is 5.69 Å². The third kappa shape index (κ3) is 3.52. The van der Waals surface area contributed by atoms with Gasteiger partial charge < -0.3 is 10.4 Å². The van der Waals surface area contributed by atoms with Crippen LogP contribution in [0.1, 0.15) is 15.9 Å². The smallest absolute Gasteiger partial charge is 0.255 e. The summed E-state index contributed by atoms with van der Waals surface area (Å²) in [7, 11) is 0. The fourth-order valence-corrected chi connectivity index (χ4v) is 2.14. The number of amides is 1. The van der Waals surface area contributed by atoms with Crippen molar-refractivity contribution < 1.29 is 9.90 Å². The zero-order chi connectivity index (χ0) is 16.2. The maximum absolute atomic E-state index is 12.3. The van der Waals surface area contributed by atoms with Crippen LogP contribution in [0.3, 0.4) is 0 Å². The van der Waals surface area contributed by atoms with Crippen LogP contribution in [0, 0.1) is 6.92 Å². The van der Waals surface area contributed by atoms with Crippen molar-refractivity contribution in [2.45, 2.75) is 6.92 Å². The molecule has 0 fully saturated rings. The minimum Gasteiger partial charge on any atom is -0.508 e. The van der Waals surface area contributed by atoms with Crippen LogP contribution < -0.4 is 5.32 Å². The average molecular weight is 305 g/mol. The standard InChI is InChI=1S/C18H15N3O2/c1-12-6-8-19-16(10-12)17-11-13(7-9-20-17)18(23)21-14-2-4-15(22)5-3-14/h2-11,22H,1H3,(H,21,23). The summed E-state index contributed by atoms with van der Waals surface area (Å²) in [6.45, 7) is 1.98. The van der Waals surface area contributed by atoms with Crippen molar-refractivity contribution in [1.29, 1.82) is 0 Å². The first kappa shape index (κ1) is 14.7. The zero-order valence-electron chi connectivity index (χ0n) is 12.5. The van der Waals surface area contributed by atoms with Crippen LogP contribution in [0.5, 0.6) is 5.75 Å². The number of rotatable bonds is 3. The van der Waals surface area contributed by atoms with Crippen LogP contribution in [-0.4, -0.2) is 21.0 Å². The molecule has 0 unspecified atom stereocenters. The van der Waals surface area contributed by atoms with Crippen molar-refractivity contribution in [2.75, 3.05) is 5.32 Å². The lowest BCUT2D eigenvalue weighted by molar-refractivity contribution is 0.102. The van der Waals surface area contributed by atoms with E-state index in [2.05, 4.69) is 15.3 Å². The van der Waals surface area contributed by atoms with Gasteiger partial charge in [0.1, 0.15) is 5.75 Å². The number of carbonyl (C=O) groups excluding carboxylic acids is 1. The van der Waals surface area contributed by atoms with Gasteiger partial charge in [0, 0.05) is 23.6 Å². The van der Waals surface area contributed by atoms with Crippen molar-refractivity contribution in [3.05, 3.63) is 72.1 Å². The number of nitrogens with zero attached hydrogens (tertiary/aromatic N) is 2. The van der Waals surface area contributed by atoms with Gasteiger partial charge in [0.15, 0.2) is 0 Å². The average Bonchev–Trinajstić information content (AvgIpc) is 2.57. The molecule has 23 heavy (non-hydrogen) atoms. The Hall–Kier alpha value is -3.21. The summed E-state index contributed by atoms with van der Waals surface area (Å²) in [5, 5.41) is 12.0. The predicted molar refractivity (Wildman–Crippen MR) is 88.3 cm³/mol. The van der Waals surface area contributed by atoms with Crippen molar-refractivity contribution >= 4 is 11.6 Å². The Bertz CT molecular complexity index is 845. The second-order valence-corrected chi connectivity index (χ2v) is 5.15. The highest BCUT2D eigenvalue weighted by Gasteiger charge is 2.09. The molecule has 0 aliphatic carbocycles. The number of aromatic hydroxyl groups is 1. The second-order valence-electron chi connectivity index (χ2n) is 5.15. The molecule has 114 valence electrons. The van der Waals surface area contributed by atoms with Crippen molar-refractivity contribution in [3.8, 4) is 17.1 Å². The van der Waals surface area contributed by atoms with Gasteiger partial charge in [-0.15, -0.1) is 0 Å². The molecule has 0 saturated heterocycles. The summed E-state index contributed by atoms with van der Waals surface area (Å²) in [6.07, 6.45) is 3.31. The number of aromatic nitrogens is 2. The fourth-order valence-electron chi connectivity index (χ4n) is 2.14. The molecule has 1 aromatic carbocycles. The molecule has 2 N–H and O–H groups in total. The first-order valence-electron chi connectivity index (χ1n) is 7.11. The number of hydrogen-bond acceptors (Lipinski definition) is 4. The number of phenolic OH excluding ortho intramolecular Hbond substituents is 1. The first-order chi connectivity index (χ1) is 11.1. The monoisotopic (exact) mass is 305 g/mol. The summed E-state index contributed by atoms with van der Waals surface area (Å²) in [4.78, 5) is 20.9. The maximum Gasteiger partial charge on any atom is 0.255 e. The number of carbonyl (C=O) groups is 1. The van der Waals surface area contributed by atoms with E-state index in [4.69, 9.17) is 0 Å². The Labute approximate surface area is 133 Å². The molecule has 0 spiro atoms. The molecule has 0 radical (unpaired) electrons. The normalized spacial score (nSPS) is 10.3. The Kier molecular flexibility index (Phi) is 4.01. The molecular formula is C18H15N3O2. The Morgan fingerprint density at radius 2 is 1.61 bits per heavy atom. The second kappa shape index (κ2) is 6.27. The summed E-state index contributed by atoms with van der Waals surface area (Å²) >= 11 is 0. The molecule has 0 atom stereocenters. The molecule has 1 amide bonds.